The van der Waals surface area contributed by atoms with Crippen molar-refractivity contribution in [1.82, 2.24) is 4.90 Å². The molecule has 0 saturated carbocycles. The van der Waals surface area contributed by atoms with E-state index in [1.165, 1.54) is 0 Å². The molecule has 0 atom stereocenters. The standard InChI is InChI=1S/C19H21N3/c1-3-22(4-2)19-16-12-8-9-13-17(16)21-18(14-20-19)15-10-6-5-7-11-15/h5-14,21H,3-4H2,1-2H3. The Hall–Kier alpha value is -2.55. The number of hydrogen-bond donors (Lipinski definition) is 1. The minimum Gasteiger partial charge on any atom is -0.357 e. The van der Waals surface area contributed by atoms with E-state index >= 15 is 0 Å². The van der Waals surface area contributed by atoms with Crippen LogP contribution in [0.2, 0.25) is 0 Å². The second-order valence-corrected chi connectivity index (χ2v) is 5.20. The highest BCUT2D eigenvalue weighted by atomic mass is 15.2. The lowest BCUT2D eigenvalue weighted by molar-refractivity contribution is 0.467. The molecule has 0 amide bonds. The molecule has 112 valence electrons. The van der Waals surface area contributed by atoms with Gasteiger partial charge in [-0.25, -0.2) is 4.99 Å². The summed E-state index contributed by atoms with van der Waals surface area (Å²) in [4.78, 5) is 7.07. The molecule has 1 N–H and O–H groups in total. The third-order valence-electron chi connectivity index (χ3n) is 3.90. The Morgan fingerprint density at radius 2 is 1.59 bits per heavy atom. The van der Waals surface area contributed by atoms with Crippen LogP contribution in [0.25, 0.3) is 5.70 Å². The van der Waals surface area contributed by atoms with E-state index in [-0.39, 0.29) is 0 Å². The quantitative estimate of drug-likeness (QED) is 0.918. The van der Waals surface area contributed by atoms with Gasteiger partial charge in [-0.3, -0.25) is 0 Å². The van der Waals surface area contributed by atoms with E-state index in [0.29, 0.717) is 0 Å². The molecule has 0 radical (unpaired) electrons. The van der Waals surface area contributed by atoms with Gasteiger partial charge in [0.1, 0.15) is 5.84 Å². The number of para-hydroxylation sites is 1. The molecule has 1 aliphatic rings. The molecule has 0 aliphatic carbocycles. The van der Waals surface area contributed by atoms with E-state index in [9.17, 15) is 0 Å². The maximum absolute atomic E-state index is 4.78. The fourth-order valence-corrected chi connectivity index (χ4v) is 2.70. The van der Waals surface area contributed by atoms with Crippen molar-refractivity contribution in [2.45, 2.75) is 13.8 Å². The van der Waals surface area contributed by atoms with E-state index < -0.39 is 0 Å². The molecule has 1 heterocycles. The molecule has 0 unspecified atom stereocenters. The van der Waals surface area contributed by atoms with Gasteiger partial charge in [0.05, 0.1) is 11.9 Å². The summed E-state index contributed by atoms with van der Waals surface area (Å²) < 4.78 is 0. The third-order valence-corrected chi connectivity index (χ3v) is 3.90. The van der Waals surface area contributed by atoms with Crippen molar-refractivity contribution < 1.29 is 0 Å². The molecule has 3 heteroatoms. The van der Waals surface area contributed by atoms with Gasteiger partial charge in [-0.1, -0.05) is 42.5 Å². The molecular weight excluding hydrogens is 270 g/mol. The lowest BCUT2D eigenvalue weighted by Crippen LogP contribution is -2.31. The zero-order valence-electron chi connectivity index (χ0n) is 13.1. The molecule has 2 aromatic rings. The van der Waals surface area contributed by atoms with Crippen molar-refractivity contribution in [3.63, 3.8) is 0 Å². The van der Waals surface area contributed by atoms with Crippen LogP contribution < -0.4 is 5.32 Å². The van der Waals surface area contributed by atoms with Gasteiger partial charge in [-0.2, -0.15) is 0 Å². The molecule has 1 aliphatic heterocycles. The Morgan fingerprint density at radius 1 is 0.909 bits per heavy atom. The molecule has 0 aromatic heterocycles. The van der Waals surface area contributed by atoms with Gasteiger partial charge in [0.25, 0.3) is 0 Å². The van der Waals surface area contributed by atoms with Crippen LogP contribution in [0.3, 0.4) is 0 Å². The summed E-state index contributed by atoms with van der Waals surface area (Å²) in [6.45, 7) is 6.21. The van der Waals surface area contributed by atoms with Crippen molar-refractivity contribution in [3.05, 3.63) is 71.9 Å². The first-order valence-electron chi connectivity index (χ1n) is 7.78. The fraction of sp³-hybridized carbons (Fsp3) is 0.211. The van der Waals surface area contributed by atoms with Gasteiger partial charge in [-0.15, -0.1) is 0 Å². The summed E-state index contributed by atoms with van der Waals surface area (Å²) in [6.07, 6.45) is 1.93. The number of amidine groups is 1. The van der Waals surface area contributed by atoms with E-state index in [1.807, 2.05) is 24.4 Å². The highest BCUT2D eigenvalue weighted by molar-refractivity contribution is 6.06. The zero-order valence-corrected chi connectivity index (χ0v) is 13.1. The highest BCUT2D eigenvalue weighted by Crippen LogP contribution is 2.26. The summed E-state index contributed by atoms with van der Waals surface area (Å²) in [7, 11) is 0. The van der Waals surface area contributed by atoms with Crippen molar-refractivity contribution in [2.24, 2.45) is 4.99 Å². The van der Waals surface area contributed by atoms with Gasteiger partial charge in [0.15, 0.2) is 0 Å². The lowest BCUT2D eigenvalue weighted by Gasteiger charge is -2.23. The fourth-order valence-electron chi connectivity index (χ4n) is 2.70. The van der Waals surface area contributed by atoms with Crippen LogP contribution in [0.1, 0.15) is 25.0 Å². The average Bonchev–Trinajstić information content (AvgIpc) is 2.77. The Kier molecular flexibility index (Phi) is 4.24. The number of fused-ring (bicyclic) bond motifs is 1. The van der Waals surface area contributed by atoms with E-state index in [4.69, 9.17) is 4.99 Å². The number of anilines is 1. The van der Waals surface area contributed by atoms with E-state index in [1.54, 1.807) is 0 Å². The van der Waals surface area contributed by atoms with Gasteiger partial charge >= 0.3 is 0 Å². The normalized spacial score (nSPS) is 13.4. The second-order valence-electron chi connectivity index (χ2n) is 5.20. The summed E-state index contributed by atoms with van der Waals surface area (Å²) >= 11 is 0. The number of hydrogen-bond acceptors (Lipinski definition) is 3. The zero-order chi connectivity index (χ0) is 15.4. The van der Waals surface area contributed by atoms with Gasteiger partial charge < -0.3 is 10.2 Å². The first-order chi connectivity index (χ1) is 10.8. The predicted molar refractivity (Wildman–Crippen MR) is 93.9 cm³/mol. The Balaban J connectivity index is 2.09. The topological polar surface area (TPSA) is 27.6 Å². The van der Waals surface area contributed by atoms with Crippen molar-refractivity contribution >= 4 is 17.2 Å². The molecule has 3 rings (SSSR count). The number of nitrogens with zero attached hydrogens (tertiary/aromatic N) is 2. The largest absolute Gasteiger partial charge is 0.357 e. The summed E-state index contributed by atoms with van der Waals surface area (Å²) in [5.41, 5.74) is 4.41. The Labute approximate surface area is 132 Å². The van der Waals surface area contributed by atoms with Crippen LogP contribution >= 0.6 is 0 Å². The molecule has 22 heavy (non-hydrogen) atoms. The van der Waals surface area contributed by atoms with Crippen LogP contribution in [-0.2, 0) is 0 Å². The first kappa shape index (κ1) is 14.4. The number of rotatable bonds is 3. The smallest absolute Gasteiger partial charge is 0.137 e. The summed E-state index contributed by atoms with van der Waals surface area (Å²) in [6, 6.07) is 18.7. The highest BCUT2D eigenvalue weighted by Gasteiger charge is 2.17. The average molecular weight is 291 g/mol. The van der Waals surface area contributed by atoms with Gasteiger partial charge in [-0.05, 0) is 31.5 Å². The van der Waals surface area contributed by atoms with E-state index in [0.717, 1.165) is 41.4 Å². The van der Waals surface area contributed by atoms with E-state index in [2.05, 4.69) is 60.5 Å². The second kappa shape index (κ2) is 6.48. The van der Waals surface area contributed by atoms with Crippen molar-refractivity contribution in [2.75, 3.05) is 18.4 Å². The minimum atomic E-state index is 0.943. The SMILES string of the molecule is CCN(CC)C1=NC=C(c2ccccc2)Nc2ccccc21. The van der Waals surface area contributed by atoms with Crippen LogP contribution in [0.5, 0.6) is 0 Å². The third kappa shape index (κ3) is 2.75. The Bertz CT molecular complexity index is 698. The summed E-state index contributed by atoms with van der Waals surface area (Å²) in [5.74, 6) is 1.03. The molecule has 2 aromatic carbocycles. The lowest BCUT2D eigenvalue weighted by atomic mass is 10.1. The van der Waals surface area contributed by atoms with Crippen LogP contribution in [0.15, 0.2) is 65.8 Å². The molecule has 0 fully saturated rings. The first-order valence-corrected chi connectivity index (χ1v) is 7.78. The molecule has 3 nitrogen and oxygen atoms in total. The molecule has 0 bridgehead atoms. The number of benzene rings is 2. The maximum atomic E-state index is 4.78. The van der Waals surface area contributed by atoms with Gasteiger partial charge in [0.2, 0.25) is 0 Å². The summed E-state index contributed by atoms with van der Waals surface area (Å²) in [5, 5.41) is 3.53. The van der Waals surface area contributed by atoms with Gasteiger partial charge in [0, 0.05) is 24.3 Å². The molecule has 0 spiro atoms. The van der Waals surface area contributed by atoms with Crippen LogP contribution in [0.4, 0.5) is 5.69 Å². The molecular formula is C19H21N3. The maximum Gasteiger partial charge on any atom is 0.137 e. The number of aliphatic imine (C=N–C) groups is 1. The monoisotopic (exact) mass is 291 g/mol. The molecule has 0 saturated heterocycles. The van der Waals surface area contributed by atoms with Crippen LogP contribution in [0, 0.1) is 0 Å². The predicted octanol–water partition coefficient (Wildman–Crippen LogP) is 4.20. The Morgan fingerprint density at radius 3 is 2.32 bits per heavy atom. The van der Waals surface area contributed by atoms with Crippen molar-refractivity contribution in [3.8, 4) is 0 Å². The van der Waals surface area contributed by atoms with Crippen molar-refractivity contribution in [1.29, 1.82) is 0 Å². The minimum absolute atomic E-state index is 0.943. The number of nitrogens with one attached hydrogen (secondary N) is 1. The van der Waals surface area contributed by atoms with Crippen LogP contribution in [-0.4, -0.2) is 23.8 Å².